The summed E-state index contributed by atoms with van der Waals surface area (Å²) < 4.78 is 0. The lowest BCUT2D eigenvalue weighted by atomic mass is 10.1. The number of hydrazone groups is 1. The van der Waals surface area contributed by atoms with E-state index in [1.807, 2.05) is 63.2 Å². The van der Waals surface area contributed by atoms with Crippen LogP contribution in [-0.2, 0) is 4.79 Å². The number of nitro benzene ring substituents is 1. The molecule has 0 unspecified atom stereocenters. The van der Waals surface area contributed by atoms with Gasteiger partial charge in [-0.05, 0) is 62.2 Å². The fourth-order valence-corrected chi connectivity index (χ4v) is 3.72. The summed E-state index contributed by atoms with van der Waals surface area (Å²) in [5.74, 6) is -0.322. The van der Waals surface area contributed by atoms with Crippen molar-refractivity contribution in [1.29, 1.82) is 0 Å². The number of benzene rings is 3. The molecule has 7 nitrogen and oxygen atoms in total. The van der Waals surface area contributed by atoms with Crippen LogP contribution in [0.2, 0.25) is 0 Å². The molecule has 0 aliphatic rings. The molecule has 3 aromatic rings. The molecule has 0 heterocycles. The van der Waals surface area contributed by atoms with Gasteiger partial charge in [0.15, 0.2) is 0 Å². The number of carbonyl (C=O) groups is 1. The van der Waals surface area contributed by atoms with Gasteiger partial charge in [-0.25, -0.2) is 5.43 Å². The smallest absolute Gasteiger partial charge is 0.270 e. The molecule has 8 heteroatoms. The summed E-state index contributed by atoms with van der Waals surface area (Å²) in [5, 5.41) is 18.2. The van der Waals surface area contributed by atoms with E-state index in [9.17, 15) is 14.9 Å². The monoisotopic (exact) mass is 448 g/mol. The van der Waals surface area contributed by atoms with Crippen LogP contribution in [0.1, 0.15) is 22.3 Å². The van der Waals surface area contributed by atoms with Crippen molar-refractivity contribution in [1.82, 2.24) is 5.43 Å². The Hall–Kier alpha value is -3.65. The molecule has 2 N–H and O–H groups in total. The second-order valence-corrected chi connectivity index (χ2v) is 8.46. The number of non-ortho nitro benzene ring substituents is 1. The summed E-state index contributed by atoms with van der Waals surface area (Å²) in [6, 6.07) is 18.5. The van der Waals surface area contributed by atoms with E-state index in [0.717, 1.165) is 26.6 Å². The standard InChI is InChI=1S/C24H24N4O3S/c1-16-4-9-22(10-5-16)32-23-11-8-21(28(30)31)13-19(23)14-26-27-24(29)15-25-20-7-6-17(2)18(3)12-20/h4-14,25H,15H2,1-3H3,(H,27,29)/b26-14+. The van der Waals surface area contributed by atoms with E-state index in [2.05, 4.69) is 15.8 Å². The van der Waals surface area contributed by atoms with Crippen molar-refractivity contribution < 1.29 is 9.72 Å². The van der Waals surface area contributed by atoms with Gasteiger partial charge in [-0.1, -0.05) is 35.5 Å². The van der Waals surface area contributed by atoms with Crippen LogP contribution in [0.25, 0.3) is 0 Å². The Balaban J connectivity index is 1.67. The summed E-state index contributed by atoms with van der Waals surface area (Å²) in [7, 11) is 0. The molecular weight excluding hydrogens is 424 g/mol. The highest BCUT2D eigenvalue weighted by molar-refractivity contribution is 7.99. The van der Waals surface area contributed by atoms with Crippen LogP contribution in [0.15, 0.2) is 75.6 Å². The molecule has 0 aromatic heterocycles. The SMILES string of the molecule is Cc1ccc(Sc2ccc([N+](=O)[O-])cc2/C=N/NC(=O)CNc2ccc(C)c(C)c2)cc1. The minimum absolute atomic E-state index is 0.0394. The topological polar surface area (TPSA) is 96.6 Å². The molecule has 0 spiro atoms. The van der Waals surface area contributed by atoms with Crippen LogP contribution in [0, 0.1) is 30.9 Å². The molecule has 3 aromatic carbocycles. The molecule has 1 amide bonds. The maximum Gasteiger partial charge on any atom is 0.270 e. The molecule has 0 saturated carbocycles. The van der Waals surface area contributed by atoms with Gasteiger partial charge in [-0.2, -0.15) is 5.10 Å². The van der Waals surface area contributed by atoms with Crippen LogP contribution >= 0.6 is 11.8 Å². The van der Waals surface area contributed by atoms with E-state index in [1.54, 1.807) is 6.07 Å². The van der Waals surface area contributed by atoms with Crippen LogP contribution < -0.4 is 10.7 Å². The summed E-state index contributed by atoms with van der Waals surface area (Å²) in [5.41, 5.74) is 7.29. The molecule has 0 bridgehead atoms. The van der Waals surface area contributed by atoms with Crippen LogP contribution in [0.4, 0.5) is 11.4 Å². The predicted molar refractivity (Wildman–Crippen MR) is 129 cm³/mol. The number of rotatable bonds is 8. The second-order valence-electron chi connectivity index (χ2n) is 7.34. The summed E-state index contributed by atoms with van der Waals surface area (Å²) in [6.07, 6.45) is 1.43. The molecule has 0 saturated heterocycles. The average Bonchev–Trinajstić information content (AvgIpc) is 2.77. The Bertz CT molecular complexity index is 1160. The lowest BCUT2D eigenvalue weighted by Gasteiger charge is -2.08. The van der Waals surface area contributed by atoms with Crippen molar-refractivity contribution in [2.45, 2.75) is 30.6 Å². The average molecular weight is 449 g/mol. The maximum atomic E-state index is 12.1. The van der Waals surface area contributed by atoms with Crippen LogP contribution in [0.5, 0.6) is 0 Å². The number of hydrogen-bond donors (Lipinski definition) is 2. The summed E-state index contributed by atoms with van der Waals surface area (Å²) in [6.45, 7) is 6.10. The third kappa shape index (κ3) is 6.42. The highest BCUT2D eigenvalue weighted by Gasteiger charge is 2.11. The third-order valence-electron chi connectivity index (χ3n) is 4.81. The van der Waals surface area contributed by atoms with Crippen LogP contribution in [-0.4, -0.2) is 23.6 Å². The number of nitro groups is 1. The lowest BCUT2D eigenvalue weighted by molar-refractivity contribution is -0.384. The molecule has 0 atom stereocenters. The Morgan fingerprint density at radius 1 is 1.03 bits per heavy atom. The van der Waals surface area contributed by atoms with Gasteiger partial charge in [-0.15, -0.1) is 0 Å². The van der Waals surface area contributed by atoms with E-state index >= 15 is 0 Å². The summed E-state index contributed by atoms with van der Waals surface area (Å²) >= 11 is 1.47. The number of nitrogens with zero attached hydrogens (tertiary/aromatic N) is 2. The highest BCUT2D eigenvalue weighted by Crippen LogP contribution is 2.32. The van der Waals surface area contributed by atoms with E-state index in [0.29, 0.717) is 5.56 Å². The van der Waals surface area contributed by atoms with Crippen molar-refractivity contribution >= 4 is 35.3 Å². The first kappa shape index (κ1) is 23.0. The number of carbonyl (C=O) groups excluding carboxylic acids is 1. The van der Waals surface area contributed by atoms with Gasteiger partial charge >= 0.3 is 0 Å². The zero-order valence-corrected chi connectivity index (χ0v) is 18.9. The first-order valence-electron chi connectivity index (χ1n) is 9.98. The Labute approximate surface area is 191 Å². The minimum Gasteiger partial charge on any atom is -0.376 e. The third-order valence-corrected chi connectivity index (χ3v) is 5.91. The van der Waals surface area contributed by atoms with E-state index < -0.39 is 4.92 Å². The van der Waals surface area contributed by atoms with Crippen LogP contribution in [0.3, 0.4) is 0 Å². The number of amides is 1. The normalized spacial score (nSPS) is 10.8. The van der Waals surface area contributed by atoms with Gasteiger partial charge in [0.1, 0.15) is 0 Å². The zero-order valence-electron chi connectivity index (χ0n) is 18.1. The first-order valence-corrected chi connectivity index (χ1v) is 10.8. The molecule has 0 fully saturated rings. The number of anilines is 1. The lowest BCUT2D eigenvalue weighted by Crippen LogP contribution is -2.25. The quantitative estimate of drug-likeness (QED) is 0.279. The van der Waals surface area contributed by atoms with Crippen molar-refractivity contribution in [3.8, 4) is 0 Å². The van der Waals surface area contributed by atoms with Gasteiger partial charge in [0.05, 0.1) is 17.7 Å². The molecule has 164 valence electrons. The van der Waals surface area contributed by atoms with E-state index in [4.69, 9.17) is 0 Å². The molecule has 0 radical (unpaired) electrons. The number of nitrogens with one attached hydrogen (secondary N) is 2. The first-order chi connectivity index (χ1) is 15.3. The molecule has 32 heavy (non-hydrogen) atoms. The molecular formula is C24H24N4O3S. The van der Waals surface area contributed by atoms with Crippen molar-refractivity contribution in [3.63, 3.8) is 0 Å². The predicted octanol–water partition coefficient (Wildman–Crippen LogP) is 5.23. The van der Waals surface area contributed by atoms with Gasteiger partial charge in [-0.3, -0.25) is 14.9 Å². The maximum absolute atomic E-state index is 12.1. The second kappa shape index (κ2) is 10.6. The van der Waals surface area contributed by atoms with Crippen molar-refractivity contribution in [2.24, 2.45) is 5.10 Å². The Morgan fingerprint density at radius 3 is 2.47 bits per heavy atom. The van der Waals surface area contributed by atoms with Gasteiger partial charge < -0.3 is 5.32 Å². The van der Waals surface area contributed by atoms with Gasteiger partial charge in [0.25, 0.3) is 11.6 Å². The Morgan fingerprint density at radius 2 is 1.78 bits per heavy atom. The summed E-state index contributed by atoms with van der Waals surface area (Å²) in [4.78, 5) is 24.7. The van der Waals surface area contributed by atoms with E-state index in [1.165, 1.54) is 35.7 Å². The fourth-order valence-electron chi connectivity index (χ4n) is 2.82. The minimum atomic E-state index is -0.455. The Kier molecular flexibility index (Phi) is 7.62. The van der Waals surface area contributed by atoms with E-state index in [-0.39, 0.29) is 18.1 Å². The molecule has 0 aliphatic heterocycles. The number of hydrogen-bond acceptors (Lipinski definition) is 6. The van der Waals surface area contributed by atoms with Crippen molar-refractivity contribution in [3.05, 3.63) is 93.0 Å². The molecule has 0 aliphatic carbocycles. The highest BCUT2D eigenvalue weighted by atomic mass is 32.2. The molecule has 3 rings (SSSR count). The van der Waals surface area contributed by atoms with Crippen molar-refractivity contribution in [2.75, 3.05) is 11.9 Å². The zero-order chi connectivity index (χ0) is 23.1. The van der Waals surface area contributed by atoms with Gasteiger partial charge in [0, 0.05) is 33.2 Å². The van der Waals surface area contributed by atoms with Gasteiger partial charge in [0.2, 0.25) is 0 Å². The largest absolute Gasteiger partial charge is 0.376 e. The number of aryl methyl sites for hydroxylation is 3. The fraction of sp³-hybridized carbons (Fsp3) is 0.167.